The molecular weight excluding hydrogens is 263 g/mol. The molecule has 4 heteroatoms. The van der Waals surface area contributed by atoms with E-state index in [-0.39, 0.29) is 17.7 Å². The number of rotatable bonds is 2. The Bertz CT molecular complexity index is 392. The van der Waals surface area contributed by atoms with Gasteiger partial charge in [0.15, 0.2) is 0 Å². The number of carbonyl (C=O) groups is 1. The summed E-state index contributed by atoms with van der Waals surface area (Å²) in [6.07, 6.45) is 1.77. The second-order valence-electron chi connectivity index (χ2n) is 3.60. The van der Waals surface area contributed by atoms with Crippen LogP contribution in [0.1, 0.15) is 19.3 Å². The lowest BCUT2D eigenvalue weighted by atomic mass is 10.3. The Morgan fingerprint density at radius 3 is 2.87 bits per heavy atom. The van der Waals surface area contributed by atoms with Gasteiger partial charge in [0.25, 0.3) is 0 Å². The number of benzene rings is 1. The van der Waals surface area contributed by atoms with Gasteiger partial charge in [-0.25, -0.2) is 4.39 Å². The summed E-state index contributed by atoms with van der Waals surface area (Å²) in [7, 11) is 0. The molecule has 0 aliphatic heterocycles. The van der Waals surface area contributed by atoms with Crippen LogP contribution in [-0.4, -0.2) is 11.9 Å². The number of ether oxygens (including phenoxy) is 1. The second-order valence-corrected chi connectivity index (χ2v) is 4.45. The quantitative estimate of drug-likeness (QED) is 0.827. The molecule has 0 N–H and O–H groups in total. The van der Waals surface area contributed by atoms with Crippen LogP contribution in [0.15, 0.2) is 22.7 Å². The van der Waals surface area contributed by atoms with Crippen LogP contribution >= 0.6 is 15.9 Å². The summed E-state index contributed by atoms with van der Waals surface area (Å²) in [4.78, 5) is 11.0. The number of halogens is 2. The number of ketones is 1. The fourth-order valence-electron chi connectivity index (χ4n) is 1.62. The molecule has 1 aromatic carbocycles. The lowest BCUT2D eigenvalue weighted by molar-refractivity contribution is -0.117. The predicted octanol–water partition coefficient (Wildman–Crippen LogP) is 3.09. The van der Waals surface area contributed by atoms with E-state index in [1.54, 1.807) is 12.1 Å². The average Bonchev–Trinajstić information content (AvgIpc) is 2.58. The van der Waals surface area contributed by atoms with Gasteiger partial charge in [-0.1, -0.05) is 0 Å². The summed E-state index contributed by atoms with van der Waals surface area (Å²) < 4.78 is 18.9. The van der Waals surface area contributed by atoms with Crippen molar-refractivity contribution >= 4 is 21.7 Å². The van der Waals surface area contributed by atoms with Crippen molar-refractivity contribution in [1.82, 2.24) is 0 Å². The summed E-state index contributed by atoms with van der Waals surface area (Å²) in [5.41, 5.74) is 0. The summed E-state index contributed by atoms with van der Waals surface area (Å²) in [5.74, 6) is 0.522. The van der Waals surface area contributed by atoms with E-state index in [1.807, 2.05) is 0 Å². The molecule has 1 fully saturated rings. The summed E-state index contributed by atoms with van der Waals surface area (Å²) in [5, 5.41) is 0. The van der Waals surface area contributed by atoms with Crippen LogP contribution in [0.2, 0.25) is 0 Å². The first kappa shape index (κ1) is 10.6. The van der Waals surface area contributed by atoms with Gasteiger partial charge in [0.1, 0.15) is 23.5 Å². The molecule has 1 saturated carbocycles. The molecule has 1 aliphatic carbocycles. The minimum Gasteiger partial charge on any atom is -0.490 e. The van der Waals surface area contributed by atoms with Crippen molar-refractivity contribution in [2.75, 3.05) is 0 Å². The van der Waals surface area contributed by atoms with Crippen LogP contribution in [0, 0.1) is 5.82 Å². The molecule has 1 aromatic rings. The van der Waals surface area contributed by atoms with E-state index in [0.29, 0.717) is 23.1 Å². The Morgan fingerprint density at radius 1 is 1.47 bits per heavy atom. The summed E-state index contributed by atoms with van der Waals surface area (Å²) in [6.45, 7) is 0. The maximum atomic E-state index is 12.9. The van der Waals surface area contributed by atoms with Crippen molar-refractivity contribution in [3.8, 4) is 5.75 Å². The first-order chi connectivity index (χ1) is 7.15. The Kier molecular flexibility index (Phi) is 3.05. The molecule has 15 heavy (non-hydrogen) atoms. The standard InChI is InChI=1S/C11H10BrFO2/c12-10-6-9(3-4-11(10)13)15-8-2-1-7(14)5-8/h3-4,6,8H,1-2,5H2. The molecule has 0 aromatic heterocycles. The highest BCUT2D eigenvalue weighted by atomic mass is 79.9. The van der Waals surface area contributed by atoms with E-state index >= 15 is 0 Å². The highest BCUT2D eigenvalue weighted by Gasteiger charge is 2.23. The van der Waals surface area contributed by atoms with Crippen LogP contribution in [-0.2, 0) is 4.79 Å². The molecular formula is C11H10BrFO2. The maximum absolute atomic E-state index is 12.9. The Hall–Kier alpha value is -0.900. The molecule has 1 atom stereocenters. The molecule has 1 aliphatic rings. The zero-order valence-electron chi connectivity index (χ0n) is 8.00. The van der Waals surface area contributed by atoms with E-state index < -0.39 is 0 Å². The van der Waals surface area contributed by atoms with Crippen molar-refractivity contribution in [2.24, 2.45) is 0 Å². The van der Waals surface area contributed by atoms with Gasteiger partial charge in [-0.2, -0.15) is 0 Å². The number of hydrogen-bond acceptors (Lipinski definition) is 2. The van der Waals surface area contributed by atoms with Gasteiger partial charge in [0.05, 0.1) is 4.47 Å². The van der Waals surface area contributed by atoms with Gasteiger partial charge >= 0.3 is 0 Å². The lowest BCUT2D eigenvalue weighted by Crippen LogP contribution is -2.12. The third kappa shape index (κ3) is 2.56. The van der Waals surface area contributed by atoms with Crippen LogP contribution in [0.4, 0.5) is 4.39 Å². The smallest absolute Gasteiger partial charge is 0.137 e. The largest absolute Gasteiger partial charge is 0.490 e. The average molecular weight is 273 g/mol. The molecule has 80 valence electrons. The number of Topliss-reactive ketones (excluding diaryl/α,β-unsaturated/α-hetero) is 1. The van der Waals surface area contributed by atoms with Crippen molar-refractivity contribution in [3.63, 3.8) is 0 Å². The first-order valence-electron chi connectivity index (χ1n) is 4.78. The van der Waals surface area contributed by atoms with Gasteiger partial charge < -0.3 is 4.74 Å². The summed E-state index contributed by atoms with van der Waals surface area (Å²) in [6, 6.07) is 4.50. The normalized spacial score (nSPS) is 20.7. The van der Waals surface area contributed by atoms with Crippen LogP contribution < -0.4 is 4.74 Å². The van der Waals surface area contributed by atoms with Gasteiger partial charge in [0, 0.05) is 12.8 Å². The van der Waals surface area contributed by atoms with E-state index in [1.165, 1.54) is 6.07 Å². The first-order valence-corrected chi connectivity index (χ1v) is 5.58. The van der Waals surface area contributed by atoms with Gasteiger partial charge in [-0.3, -0.25) is 4.79 Å². The Balaban J connectivity index is 2.05. The van der Waals surface area contributed by atoms with Crippen molar-refractivity contribution in [2.45, 2.75) is 25.4 Å². The molecule has 0 spiro atoms. The molecule has 0 amide bonds. The number of carbonyl (C=O) groups excluding carboxylic acids is 1. The minimum absolute atomic E-state index is 0.0464. The molecule has 0 radical (unpaired) electrons. The van der Waals surface area contributed by atoms with Gasteiger partial charge in [-0.15, -0.1) is 0 Å². The van der Waals surface area contributed by atoms with Crippen LogP contribution in [0.5, 0.6) is 5.75 Å². The Morgan fingerprint density at radius 2 is 2.27 bits per heavy atom. The fraction of sp³-hybridized carbons (Fsp3) is 0.364. The lowest BCUT2D eigenvalue weighted by Gasteiger charge is -2.12. The SMILES string of the molecule is O=C1CCC(Oc2ccc(F)c(Br)c2)C1. The van der Waals surface area contributed by atoms with Crippen LogP contribution in [0.3, 0.4) is 0 Å². The monoisotopic (exact) mass is 272 g/mol. The topological polar surface area (TPSA) is 26.3 Å². The van der Waals surface area contributed by atoms with Crippen molar-refractivity contribution in [3.05, 3.63) is 28.5 Å². The van der Waals surface area contributed by atoms with Gasteiger partial charge in [-0.05, 0) is 40.5 Å². The predicted molar refractivity (Wildman–Crippen MR) is 57.4 cm³/mol. The minimum atomic E-state index is -0.315. The zero-order valence-corrected chi connectivity index (χ0v) is 9.59. The third-order valence-corrected chi connectivity index (χ3v) is 3.00. The van der Waals surface area contributed by atoms with Crippen LogP contribution in [0.25, 0.3) is 0 Å². The van der Waals surface area contributed by atoms with E-state index in [9.17, 15) is 9.18 Å². The molecule has 2 nitrogen and oxygen atoms in total. The van der Waals surface area contributed by atoms with E-state index in [4.69, 9.17) is 4.74 Å². The molecule has 2 rings (SSSR count). The molecule has 0 saturated heterocycles. The third-order valence-electron chi connectivity index (χ3n) is 2.39. The van der Waals surface area contributed by atoms with Gasteiger partial charge in [0.2, 0.25) is 0 Å². The maximum Gasteiger partial charge on any atom is 0.137 e. The van der Waals surface area contributed by atoms with E-state index in [0.717, 1.165) is 6.42 Å². The molecule has 1 unspecified atom stereocenters. The second kappa shape index (κ2) is 4.31. The highest BCUT2D eigenvalue weighted by molar-refractivity contribution is 9.10. The van der Waals surface area contributed by atoms with E-state index in [2.05, 4.69) is 15.9 Å². The zero-order chi connectivity index (χ0) is 10.8. The highest BCUT2D eigenvalue weighted by Crippen LogP contribution is 2.26. The molecule has 0 bridgehead atoms. The van der Waals surface area contributed by atoms with Crippen molar-refractivity contribution in [1.29, 1.82) is 0 Å². The number of hydrogen-bond donors (Lipinski definition) is 0. The fourth-order valence-corrected chi connectivity index (χ4v) is 1.98. The summed E-state index contributed by atoms with van der Waals surface area (Å²) >= 11 is 3.09. The Labute approximate surface area is 95.6 Å². The molecule has 0 heterocycles. The van der Waals surface area contributed by atoms with Crippen molar-refractivity contribution < 1.29 is 13.9 Å².